The Kier molecular flexibility index (Phi) is 3.00. The molecule has 0 spiro atoms. The molecule has 0 unspecified atom stereocenters. The zero-order chi connectivity index (χ0) is 13.2. The standard InChI is InChI=1S/C10H7F3N4O/c11-10(12,13)8-7(5-15-17-8)16-9(18)6-3-1-2-4-14-6/h1-5H,(H,15,17)(H,16,18). The van der Waals surface area contributed by atoms with Gasteiger partial charge in [0.05, 0.1) is 11.9 Å². The molecular formula is C10H7F3N4O. The molecule has 0 aliphatic heterocycles. The Labute approximate surface area is 99.0 Å². The molecule has 2 rings (SSSR count). The first-order valence-corrected chi connectivity index (χ1v) is 4.81. The molecule has 0 fully saturated rings. The van der Waals surface area contributed by atoms with Gasteiger partial charge in [0.2, 0.25) is 0 Å². The van der Waals surface area contributed by atoms with E-state index in [2.05, 4.69) is 15.4 Å². The smallest absolute Gasteiger partial charge is 0.317 e. The van der Waals surface area contributed by atoms with E-state index in [1.165, 1.54) is 12.3 Å². The SMILES string of the molecule is O=C(Nc1cn[nH]c1C(F)(F)F)c1ccccn1. The zero-order valence-corrected chi connectivity index (χ0v) is 8.82. The second kappa shape index (κ2) is 4.47. The van der Waals surface area contributed by atoms with Gasteiger partial charge in [0.25, 0.3) is 5.91 Å². The Hall–Kier alpha value is -2.38. The third kappa shape index (κ3) is 2.47. The average molecular weight is 256 g/mol. The summed E-state index contributed by atoms with van der Waals surface area (Å²) in [6.07, 6.45) is -2.35. The van der Waals surface area contributed by atoms with Crippen LogP contribution in [-0.2, 0) is 6.18 Å². The number of pyridine rings is 1. The van der Waals surface area contributed by atoms with E-state index in [-0.39, 0.29) is 5.69 Å². The first kappa shape index (κ1) is 12.1. The van der Waals surface area contributed by atoms with Crippen molar-refractivity contribution in [2.75, 3.05) is 5.32 Å². The van der Waals surface area contributed by atoms with Crippen molar-refractivity contribution in [3.05, 3.63) is 42.0 Å². The molecule has 1 amide bonds. The molecule has 18 heavy (non-hydrogen) atoms. The lowest BCUT2D eigenvalue weighted by Gasteiger charge is -2.07. The number of hydrogen-bond donors (Lipinski definition) is 2. The van der Waals surface area contributed by atoms with Gasteiger partial charge < -0.3 is 5.32 Å². The zero-order valence-electron chi connectivity index (χ0n) is 8.82. The maximum absolute atomic E-state index is 12.5. The van der Waals surface area contributed by atoms with Crippen molar-refractivity contribution in [1.29, 1.82) is 0 Å². The molecule has 5 nitrogen and oxygen atoms in total. The molecular weight excluding hydrogens is 249 g/mol. The number of nitrogens with zero attached hydrogens (tertiary/aromatic N) is 2. The summed E-state index contributed by atoms with van der Waals surface area (Å²) in [6, 6.07) is 4.54. The molecule has 94 valence electrons. The van der Waals surface area contributed by atoms with Gasteiger partial charge in [0, 0.05) is 6.20 Å². The maximum atomic E-state index is 12.5. The highest BCUT2D eigenvalue weighted by Crippen LogP contribution is 2.32. The van der Waals surface area contributed by atoms with Gasteiger partial charge in [0.1, 0.15) is 5.69 Å². The molecule has 2 N–H and O–H groups in total. The number of anilines is 1. The monoisotopic (exact) mass is 256 g/mol. The number of halogens is 3. The Morgan fingerprint density at radius 3 is 2.72 bits per heavy atom. The van der Waals surface area contributed by atoms with Gasteiger partial charge in [0.15, 0.2) is 5.69 Å². The van der Waals surface area contributed by atoms with Crippen molar-refractivity contribution >= 4 is 11.6 Å². The van der Waals surface area contributed by atoms with Crippen LogP contribution in [0.2, 0.25) is 0 Å². The second-order valence-electron chi connectivity index (χ2n) is 3.33. The summed E-state index contributed by atoms with van der Waals surface area (Å²) in [6.45, 7) is 0. The second-order valence-corrected chi connectivity index (χ2v) is 3.33. The number of aromatic amines is 1. The Morgan fingerprint density at radius 1 is 1.33 bits per heavy atom. The van der Waals surface area contributed by atoms with Crippen molar-refractivity contribution in [1.82, 2.24) is 15.2 Å². The number of carbonyl (C=O) groups is 1. The average Bonchev–Trinajstić information content (AvgIpc) is 2.78. The third-order valence-corrected chi connectivity index (χ3v) is 2.07. The van der Waals surface area contributed by atoms with Crippen LogP contribution in [0.1, 0.15) is 16.2 Å². The van der Waals surface area contributed by atoms with Gasteiger partial charge in [-0.05, 0) is 12.1 Å². The van der Waals surface area contributed by atoms with E-state index in [1.807, 2.05) is 0 Å². The molecule has 2 heterocycles. The fourth-order valence-electron chi connectivity index (χ4n) is 1.28. The molecule has 0 saturated carbocycles. The Balaban J connectivity index is 2.21. The summed E-state index contributed by atoms with van der Waals surface area (Å²) in [7, 11) is 0. The van der Waals surface area contributed by atoms with Crippen molar-refractivity contribution < 1.29 is 18.0 Å². The topological polar surface area (TPSA) is 70.7 Å². The summed E-state index contributed by atoms with van der Waals surface area (Å²) >= 11 is 0. The number of H-pyrrole nitrogens is 1. The van der Waals surface area contributed by atoms with Gasteiger partial charge in [-0.2, -0.15) is 18.3 Å². The molecule has 8 heteroatoms. The van der Waals surface area contributed by atoms with Gasteiger partial charge >= 0.3 is 6.18 Å². The number of hydrogen-bond acceptors (Lipinski definition) is 3. The molecule has 2 aromatic heterocycles. The molecule has 0 aliphatic carbocycles. The van der Waals surface area contributed by atoms with Gasteiger partial charge in [-0.25, -0.2) is 0 Å². The van der Waals surface area contributed by atoms with Crippen molar-refractivity contribution in [3.63, 3.8) is 0 Å². The molecule has 0 aliphatic rings. The largest absolute Gasteiger partial charge is 0.434 e. The predicted octanol–water partition coefficient (Wildman–Crippen LogP) is 2.08. The van der Waals surface area contributed by atoms with Crippen LogP contribution in [0.3, 0.4) is 0 Å². The highest BCUT2D eigenvalue weighted by atomic mass is 19.4. The quantitative estimate of drug-likeness (QED) is 0.864. The lowest BCUT2D eigenvalue weighted by atomic mass is 10.3. The first-order chi connectivity index (χ1) is 8.48. The van der Waals surface area contributed by atoms with Crippen LogP contribution >= 0.6 is 0 Å². The Morgan fingerprint density at radius 2 is 2.11 bits per heavy atom. The van der Waals surface area contributed by atoms with Crippen LogP contribution in [0.15, 0.2) is 30.6 Å². The molecule has 0 aromatic carbocycles. The number of rotatable bonds is 2. The van der Waals surface area contributed by atoms with E-state index in [9.17, 15) is 18.0 Å². The first-order valence-electron chi connectivity index (χ1n) is 4.81. The van der Waals surface area contributed by atoms with E-state index in [0.29, 0.717) is 0 Å². The fourth-order valence-corrected chi connectivity index (χ4v) is 1.28. The van der Waals surface area contributed by atoms with Crippen LogP contribution in [0, 0.1) is 0 Å². The Bertz CT molecular complexity index is 550. The van der Waals surface area contributed by atoms with Crippen LogP contribution in [0.25, 0.3) is 0 Å². The van der Waals surface area contributed by atoms with Crippen molar-refractivity contribution in [3.8, 4) is 0 Å². The summed E-state index contributed by atoms with van der Waals surface area (Å²) in [4.78, 5) is 15.3. The molecule has 0 radical (unpaired) electrons. The summed E-state index contributed by atoms with van der Waals surface area (Å²) < 4.78 is 37.5. The van der Waals surface area contributed by atoms with Crippen molar-refractivity contribution in [2.45, 2.75) is 6.18 Å². The van der Waals surface area contributed by atoms with E-state index in [4.69, 9.17) is 0 Å². The van der Waals surface area contributed by atoms with Crippen LogP contribution in [-0.4, -0.2) is 21.1 Å². The van der Waals surface area contributed by atoms with Crippen molar-refractivity contribution in [2.24, 2.45) is 0 Å². The minimum atomic E-state index is -4.61. The predicted molar refractivity (Wildman–Crippen MR) is 55.8 cm³/mol. The van der Waals surface area contributed by atoms with E-state index < -0.39 is 23.5 Å². The van der Waals surface area contributed by atoms with E-state index in [0.717, 1.165) is 6.20 Å². The lowest BCUT2D eigenvalue weighted by Crippen LogP contribution is -2.16. The number of carbonyl (C=O) groups excluding carboxylic acids is 1. The third-order valence-electron chi connectivity index (χ3n) is 2.07. The number of amides is 1. The maximum Gasteiger partial charge on any atom is 0.434 e. The van der Waals surface area contributed by atoms with E-state index >= 15 is 0 Å². The normalized spacial score (nSPS) is 11.3. The number of alkyl halides is 3. The molecule has 0 saturated heterocycles. The molecule has 0 bridgehead atoms. The highest BCUT2D eigenvalue weighted by molar-refractivity contribution is 6.03. The van der Waals surface area contributed by atoms with Gasteiger partial charge in [-0.3, -0.25) is 14.9 Å². The summed E-state index contributed by atoms with van der Waals surface area (Å²) in [5, 5.41) is 7.15. The fraction of sp³-hybridized carbons (Fsp3) is 0.100. The minimum absolute atomic E-state index is 0.0202. The van der Waals surface area contributed by atoms with E-state index in [1.54, 1.807) is 17.2 Å². The molecule has 0 atom stereocenters. The number of nitrogens with one attached hydrogen (secondary N) is 2. The summed E-state index contributed by atoms with van der Waals surface area (Å²) in [5.41, 5.74) is -1.52. The van der Waals surface area contributed by atoms with Gasteiger partial charge in [-0.1, -0.05) is 6.07 Å². The highest BCUT2D eigenvalue weighted by Gasteiger charge is 2.36. The van der Waals surface area contributed by atoms with Crippen LogP contribution in [0.5, 0.6) is 0 Å². The lowest BCUT2D eigenvalue weighted by molar-refractivity contribution is -0.140. The van der Waals surface area contributed by atoms with Gasteiger partial charge in [-0.15, -0.1) is 0 Å². The molecule has 2 aromatic rings. The van der Waals surface area contributed by atoms with Crippen LogP contribution in [0.4, 0.5) is 18.9 Å². The van der Waals surface area contributed by atoms with Crippen LogP contribution < -0.4 is 5.32 Å². The summed E-state index contributed by atoms with van der Waals surface area (Å²) in [5.74, 6) is -0.734. The minimum Gasteiger partial charge on any atom is -0.317 e. The number of aromatic nitrogens is 3.